The molecule has 1 fully saturated rings. The quantitative estimate of drug-likeness (QED) is 0.751. The Bertz CT molecular complexity index is 212. The third-order valence-electron chi connectivity index (χ3n) is 3.41. The molecule has 4 heteroatoms. The number of piperidine rings is 1. The molecule has 0 aromatic rings. The number of carbonyl (C=O) groups excluding carboxylic acids is 1. The van der Waals surface area contributed by atoms with Crippen molar-refractivity contribution in [2.24, 2.45) is 5.73 Å². The molecule has 0 radical (unpaired) electrons. The Kier molecular flexibility index (Phi) is 5.60. The molecule has 4 nitrogen and oxygen atoms in total. The molecule has 0 bridgehead atoms. The first-order valence-electron chi connectivity index (χ1n) is 6.47. The summed E-state index contributed by atoms with van der Waals surface area (Å²) in [4.78, 5) is 12.7. The fourth-order valence-electron chi connectivity index (χ4n) is 2.35. The van der Waals surface area contributed by atoms with Gasteiger partial charge in [-0.05, 0) is 25.7 Å². The van der Waals surface area contributed by atoms with Crippen LogP contribution in [0.3, 0.4) is 0 Å². The summed E-state index contributed by atoms with van der Waals surface area (Å²) in [6, 6.07) is 0.918. The van der Waals surface area contributed by atoms with Crippen LogP contribution in [0.15, 0.2) is 0 Å². The Hall–Kier alpha value is -0.770. The maximum Gasteiger partial charge on any atom is 0.314 e. The van der Waals surface area contributed by atoms with Gasteiger partial charge in [0.05, 0.1) is 0 Å². The highest BCUT2D eigenvalue weighted by Crippen LogP contribution is 2.12. The van der Waals surface area contributed by atoms with Gasteiger partial charge in [-0.2, -0.15) is 0 Å². The van der Waals surface area contributed by atoms with Gasteiger partial charge in [-0.3, -0.25) is 0 Å². The minimum Gasteiger partial charge on any atom is -0.351 e. The maximum atomic E-state index is 11.0. The van der Waals surface area contributed by atoms with Crippen LogP contribution in [-0.2, 0) is 0 Å². The van der Waals surface area contributed by atoms with Crippen molar-refractivity contribution in [1.29, 1.82) is 0 Å². The van der Waals surface area contributed by atoms with E-state index in [-0.39, 0.29) is 6.03 Å². The minimum atomic E-state index is -0.279. The summed E-state index contributed by atoms with van der Waals surface area (Å²) in [6.45, 7) is 6.05. The van der Waals surface area contributed by atoms with Crippen molar-refractivity contribution in [3.63, 3.8) is 0 Å². The van der Waals surface area contributed by atoms with Crippen molar-refractivity contribution in [3.8, 4) is 0 Å². The topological polar surface area (TPSA) is 58.4 Å². The number of rotatable bonds is 5. The zero-order chi connectivity index (χ0) is 12.0. The smallest absolute Gasteiger partial charge is 0.314 e. The zero-order valence-electron chi connectivity index (χ0n) is 10.5. The van der Waals surface area contributed by atoms with E-state index in [9.17, 15) is 4.79 Å². The van der Waals surface area contributed by atoms with E-state index in [0.717, 1.165) is 25.9 Å². The molecule has 94 valence electrons. The van der Waals surface area contributed by atoms with Crippen LogP contribution >= 0.6 is 0 Å². The van der Waals surface area contributed by atoms with Crippen LogP contribution in [0.1, 0.15) is 46.0 Å². The number of amides is 2. The zero-order valence-corrected chi connectivity index (χ0v) is 10.5. The van der Waals surface area contributed by atoms with E-state index in [4.69, 9.17) is 5.73 Å². The molecule has 1 rings (SSSR count). The average molecular weight is 227 g/mol. The number of nitrogens with two attached hydrogens (primary N) is 1. The summed E-state index contributed by atoms with van der Waals surface area (Å²) in [5, 5.41) is 3.69. The number of urea groups is 1. The third-order valence-corrected chi connectivity index (χ3v) is 3.41. The number of nitrogens with zero attached hydrogens (tertiary/aromatic N) is 1. The molecule has 1 aliphatic heterocycles. The number of hydrogen-bond donors (Lipinski definition) is 2. The fourth-order valence-corrected chi connectivity index (χ4v) is 2.35. The highest BCUT2D eigenvalue weighted by molar-refractivity contribution is 5.72. The van der Waals surface area contributed by atoms with Crippen LogP contribution in [0, 0.1) is 0 Å². The molecule has 3 N–H and O–H groups in total. The van der Waals surface area contributed by atoms with Crippen molar-refractivity contribution >= 4 is 6.03 Å². The standard InChI is InChI=1S/C12H25N3O/c1-3-5-10(4-2)14-11-6-8-15(9-7-11)12(13)16/h10-11,14H,3-9H2,1-2H3,(H2,13,16). The minimum absolute atomic E-state index is 0.279. The van der Waals surface area contributed by atoms with E-state index >= 15 is 0 Å². The summed E-state index contributed by atoms with van der Waals surface area (Å²) < 4.78 is 0. The van der Waals surface area contributed by atoms with E-state index < -0.39 is 0 Å². The third kappa shape index (κ3) is 4.00. The molecule has 0 aliphatic carbocycles. The Balaban J connectivity index is 2.28. The first kappa shape index (κ1) is 13.3. The Morgan fingerprint density at radius 3 is 2.50 bits per heavy atom. The molecule has 1 saturated heterocycles. The summed E-state index contributed by atoms with van der Waals surface area (Å²) in [7, 11) is 0. The maximum absolute atomic E-state index is 11.0. The number of nitrogens with one attached hydrogen (secondary N) is 1. The Morgan fingerprint density at radius 2 is 2.06 bits per heavy atom. The largest absolute Gasteiger partial charge is 0.351 e. The normalized spacial score (nSPS) is 19.8. The molecule has 1 atom stereocenters. The second-order valence-corrected chi connectivity index (χ2v) is 4.66. The SMILES string of the molecule is CCCC(CC)NC1CCN(C(N)=O)CC1. The van der Waals surface area contributed by atoms with Crippen molar-refractivity contribution in [2.45, 2.75) is 58.0 Å². The monoisotopic (exact) mass is 227 g/mol. The van der Waals surface area contributed by atoms with Crippen LogP contribution in [0.2, 0.25) is 0 Å². The molecule has 1 unspecified atom stereocenters. The lowest BCUT2D eigenvalue weighted by Crippen LogP contribution is -2.49. The fraction of sp³-hybridized carbons (Fsp3) is 0.917. The van der Waals surface area contributed by atoms with Crippen LogP contribution in [-0.4, -0.2) is 36.1 Å². The molecular formula is C12H25N3O. The highest BCUT2D eigenvalue weighted by Gasteiger charge is 2.22. The van der Waals surface area contributed by atoms with Gasteiger partial charge in [-0.25, -0.2) is 4.79 Å². The van der Waals surface area contributed by atoms with E-state index in [1.807, 2.05) is 0 Å². The van der Waals surface area contributed by atoms with Gasteiger partial charge in [0, 0.05) is 25.2 Å². The molecule has 0 saturated carbocycles. The lowest BCUT2D eigenvalue weighted by molar-refractivity contribution is 0.181. The number of carbonyl (C=O) groups is 1. The van der Waals surface area contributed by atoms with Crippen LogP contribution in [0.5, 0.6) is 0 Å². The predicted molar refractivity (Wildman–Crippen MR) is 66.3 cm³/mol. The average Bonchev–Trinajstić information content (AvgIpc) is 2.29. The van der Waals surface area contributed by atoms with Gasteiger partial charge in [0.2, 0.25) is 0 Å². The second-order valence-electron chi connectivity index (χ2n) is 4.66. The molecule has 0 aromatic carbocycles. The number of hydrogen-bond acceptors (Lipinski definition) is 2. The summed E-state index contributed by atoms with van der Waals surface area (Å²) >= 11 is 0. The molecule has 1 heterocycles. The van der Waals surface area contributed by atoms with Gasteiger partial charge in [-0.1, -0.05) is 20.3 Å². The summed E-state index contributed by atoms with van der Waals surface area (Å²) in [6.07, 6.45) is 5.72. The van der Waals surface area contributed by atoms with Crippen molar-refractivity contribution in [1.82, 2.24) is 10.2 Å². The van der Waals surface area contributed by atoms with Crippen molar-refractivity contribution in [2.75, 3.05) is 13.1 Å². The Labute approximate surface area is 98.6 Å². The molecule has 2 amide bonds. The van der Waals surface area contributed by atoms with Crippen LogP contribution in [0.4, 0.5) is 4.79 Å². The molecular weight excluding hydrogens is 202 g/mol. The van der Waals surface area contributed by atoms with Gasteiger partial charge in [0.1, 0.15) is 0 Å². The van der Waals surface area contributed by atoms with Crippen molar-refractivity contribution in [3.05, 3.63) is 0 Å². The van der Waals surface area contributed by atoms with E-state index in [2.05, 4.69) is 19.2 Å². The van der Waals surface area contributed by atoms with Gasteiger partial charge < -0.3 is 16.0 Å². The molecule has 16 heavy (non-hydrogen) atoms. The Morgan fingerprint density at radius 1 is 1.44 bits per heavy atom. The van der Waals surface area contributed by atoms with Crippen LogP contribution in [0.25, 0.3) is 0 Å². The first-order chi connectivity index (χ1) is 7.67. The molecule has 1 aliphatic rings. The van der Waals surface area contributed by atoms with Gasteiger partial charge in [0.25, 0.3) is 0 Å². The van der Waals surface area contributed by atoms with Crippen LogP contribution < -0.4 is 11.1 Å². The van der Waals surface area contributed by atoms with E-state index in [1.165, 1.54) is 19.3 Å². The summed E-state index contributed by atoms with van der Waals surface area (Å²) in [5.41, 5.74) is 5.25. The highest BCUT2D eigenvalue weighted by atomic mass is 16.2. The van der Waals surface area contributed by atoms with Gasteiger partial charge in [0.15, 0.2) is 0 Å². The number of likely N-dealkylation sites (tertiary alicyclic amines) is 1. The predicted octanol–water partition coefficient (Wildman–Crippen LogP) is 1.70. The number of primary amides is 1. The molecule has 0 aromatic heterocycles. The lowest BCUT2D eigenvalue weighted by Gasteiger charge is -2.33. The second kappa shape index (κ2) is 6.74. The van der Waals surface area contributed by atoms with Gasteiger partial charge in [-0.15, -0.1) is 0 Å². The van der Waals surface area contributed by atoms with E-state index in [0.29, 0.717) is 12.1 Å². The van der Waals surface area contributed by atoms with Gasteiger partial charge >= 0.3 is 6.03 Å². The molecule has 0 spiro atoms. The lowest BCUT2D eigenvalue weighted by atomic mass is 10.0. The summed E-state index contributed by atoms with van der Waals surface area (Å²) in [5.74, 6) is 0. The first-order valence-corrected chi connectivity index (χ1v) is 6.47. The van der Waals surface area contributed by atoms with E-state index in [1.54, 1.807) is 4.90 Å². The van der Waals surface area contributed by atoms with Crippen molar-refractivity contribution < 1.29 is 4.79 Å².